The van der Waals surface area contributed by atoms with E-state index in [0.29, 0.717) is 6.04 Å². The average Bonchev–Trinajstić information content (AvgIpc) is 2.96. The SMILES string of the molecule is CCN(CC)C(CNC(=NC)NCCc1c(C)nn(C)c1C)c1ccccc1. The third-order valence-electron chi connectivity index (χ3n) is 5.45. The molecule has 0 aliphatic heterocycles. The highest BCUT2D eigenvalue weighted by atomic mass is 15.3. The lowest BCUT2D eigenvalue weighted by atomic mass is 10.1. The maximum atomic E-state index is 4.50. The van der Waals surface area contributed by atoms with E-state index in [9.17, 15) is 0 Å². The first-order valence-corrected chi connectivity index (χ1v) is 10.2. The highest BCUT2D eigenvalue weighted by molar-refractivity contribution is 5.79. The molecule has 0 fully saturated rings. The fourth-order valence-corrected chi connectivity index (χ4v) is 3.70. The highest BCUT2D eigenvalue weighted by Crippen LogP contribution is 2.19. The van der Waals surface area contributed by atoms with E-state index in [4.69, 9.17) is 0 Å². The summed E-state index contributed by atoms with van der Waals surface area (Å²) in [6.07, 6.45) is 0.935. The lowest BCUT2D eigenvalue weighted by molar-refractivity contribution is 0.219. The molecule has 0 saturated heterocycles. The van der Waals surface area contributed by atoms with Crippen molar-refractivity contribution in [3.8, 4) is 0 Å². The minimum atomic E-state index is 0.317. The number of guanidine groups is 1. The molecule has 2 N–H and O–H groups in total. The van der Waals surface area contributed by atoms with Crippen LogP contribution in [0.2, 0.25) is 0 Å². The van der Waals surface area contributed by atoms with Crippen LogP contribution in [0.1, 0.15) is 42.4 Å². The number of aryl methyl sites for hydroxylation is 2. The minimum Gasteiger partial charge on any atom is -0.356 e. The molecule has 0 saturated carbocycles. The summed E-state index contributed by atoms with van der Waals surface area (Å²) >= 11 is 0. The fourth-order valence-electron chi connectivity index (χ4n) is 3.70. The van der Waals surface area contributed by atoms with Gasteiger partial charge in [-0.2, -0.15) is 5.10 Å². The second-order valence-electron chi connectivity index (χ2n) is 7.05. The molecule has 28 heavy (non-hydrogen) atoms. The Morgan fingerprint density at radius 3 is 2.36 bits per heavy atom. The van der Waals surface area contributed by atoms with Crippen molar-refractivity contribution in [1.82, 2.24) is 25.3 Å². The van der Waals surface area contributed by atoms with Crippen molar-refractivity contribution in [2.45, 2.75) is 40.2 Å². The van der Waals surface area contributed by atoms with Crippen molar-refractivity contribution >= 4 is 5.96 Å². The summed E-state index contributed by atoms with van der Waals surface area (Å²) in [5.74, 6) is 0.840. The number of likely N-dealkylation sites (N-methyl/N-ethyl adjacent to an activating group) is 1. The summed E-state index contributed by atoms with van der Waals surface area (Å²) in [5, 5.41) is 11.5. The number of hydrogen-bond donors (Lipinski definition) is 2. The van der Waals surface area contributed by atoms with Crippen LogP contribution < -0.4 is 10.6 Å². The zero-order valence-electron chi connectivity index (χ0n) is 18.3. The standard InChI is InChI=1S/C22H36N6/c1-7-28(8-2)21(19-12-10-9-11-13-19)16-25-22(23-5)24-15-14-20-17(3)26-27(6)18(20)4/h9-13,21H,7-8,14-16H2,1-6H3,(H2,23,24,25). The molecule has 0 aliphatic rings. The molecule has 0 aliphatic carbocycles. The van der Waals surface area contributed by atoms with Gasteiger partial charge in [-0.15, -0.1) is 0 Å². The Labute approximate surface area is 170 Å². The van der Waals surface area contributed by atoms with E-state index in [-0.39, 0.29) is 0 Å². The molecule has 154 valence electrons. The van der Waals surface area contributed by atoms with Gasteiger partial charge < -0.3 is 10.6 Å². The topological polar surface area (TPSA) is 57.5 Å². The van der Waals surface area contributed by atoms with E-state index in [0.717, 1.165) is 44.3 Å². The highest BCUT2D eigenvalue weighted by Gasteiger charge is 2.18. The van der Waals surface area contributed by atoms with Gasteiger partial charge in [0.15, 0.2) is 5.96 Å². The third kappa shape index (κ3) is 5.58. The summed E-state index contributed by atoms with van der Waals surface area (Å²) in [6, 6.07) is 11.0. The molecule has 2 rings (SSSR count). The van der Waals surface area contributed by atoms with E-state index < -0.39 is 0 Å². The molecule has 0 spiro atoms. The van der Waals surface area contributed by atoms with Gasteiger partial charge in [-0.25, -0.2) is 0 Å². The molecular formula is C22H36N6. The Morgan fingerprint density at radius 2 is 1.82 bits per heavy atom. The number of aliphatic imine (C=N–C) groups is 1. The Hall–Kier alpha value is -2.34. The summed E-state index contributed by atoms with van der Waals surface area (Å²) in [4.78, 5) is 6.87. The molecular weight excluding hydrogens is 348 g/mol. The van der Waals surface area contributed by atoms with Crippen LogP contribution in [0.15, 0.2) is 35.3 Å². The molecule has 1 heterocycles. The van der Waals surface area contributed by atoms with E-state index in [1.807, 2.05) is 18.8 Å². The maximum absolute atomic E-state index is 4.50. The molecule has 1 unspecified atom stereocenters. The predicted molar refractivity (Wildman–Crippen MR) is 118 cm³/mol. The summed E-state index contributed by atoms with van der Waals surface area (Å²) in [7, 11) is 3.82. The van der Waals surface area contributed by atoms with Gasteiger partial charge in [0.05, 0.1) is 11.7 Å². The van der Waals surface area contributed by atoms with Crippen molar-refractivity contribution in [2.24, 2.45) is 12.0 Å². The lowest BCUT2D eigenvalue weighted by Gasteiger charge is -2.30. The fraction of sp³-hybridized carbons (Fsp3) is 0.545. The Kier molecular flexibility index (Phi) is 8.51. The Morgan fingerprint density at radius 1 is 1.14 bits per heavy atom. The quantitative estimate of drug-likeness (QED) is 0.516. The summed E-state index contributed by atoms with van der Waals surface area (Å²) in [5.41, 5.74) is 4.98. The minimum absolute atomic E-state index is 0.317. The van der Waals surface area contributed by atoms with Crippen molar-refractivity contribution in [3.63, 3.8) is 0 Å². The van der Waals surface area contributed by atoms with E-state index in [1.165, 1.54) is 16.8 Å². The first-order chi connectivity index (χ1) is 13.5. The normalized spacial score (nSPS) is 13.0. The van der Waals surface area contributed by atoms with Gasteiger partial charge in [-0.3, -0.25) is 14.6 Å². The van der Waals surface area contributed by atoms with Crippen LogP contribution in [0.5, 0.6) is 0 Å². The zero-order chi connectivity index (χ0) is 20.5. The maximum Gasteiger partial charge on any atom is 0.191 e. The number of nitrogens with zero attached hydrogens (tertiary/aromatic N) is 4. The molecule has 6 heteroatoms. The predicted octanol–water partition coefficient (Wildman–Crippen LogP) is 2.83. The van der Waals surface area contributed by atoms with Gasteiger partial charge in [0.2, 0.25) is 0 Å². The number of nitrogens with one attached hydrogen (secondary N) is 2. The van der Waals surface area contributed by atoms with Crippen molar-refractivity contribution in [2.75, 3.05) is 33.2 Å². The molecule has 0 radical (unpaired) electrons. The van der Waals surface area contributed by atoms with Crippen LogP contribution >= 0.6 is 0 Å². The number of hydrogen-bond acceptors (Lipinski definition) is 3. The second kappa shape index (κ2) is 10.9. The molecule has 1 atom stereocenters. The number of aromatic nitrogens is 2. The van der Waals surface area contributed by atoms with Crippen molar-refractivity contribution in [1.29, 1.82) is 0 Å². The van der Waals surface area contributed by atoms with Crippen molar-refractivity contribution in [3.05, 3.63) is 52.8 Å². The Balaban J connectivity index is 1.95. The molecule has 0 bridgehead atoms. The van der Waals surface area contributed by atoms with Gasteiger partial charge >= 0.3 is 0 Å². The van der Waals surface area contributed by atoms with E-state index >= 15 is 0 Å². The molecule has 6 nitrogen and oxygen atoms in total. The lowest BCUT2D eigenvalue weighted by Crippen LogP contribution is -2.43. The largest absolute Gasteiger partial charge is 0.356 e. The zero-order valence-corrected chi connectivity index (χ0v) is 18.3. The first kappa shape index (κ1) is 22.0. The van der Waals surface area contributed by atoms with Gasteiger partial charge in [0.25, 0.3) is 0 Å². The van der Waals surface area contributed by atoms with Crippen molar-refractivity contribution < 1.29 is 0 Å². The molecule has 1 aromatic heterocycles. The summed E-state index contributed by atoms with van der Waals surface area (Å²) < 4.78 is 1.95. The molecule has 2 aromatic rings. The first-order valence-electron chi connectivity index (χ1n) is 10.2. The van der Waals surface area contributed by atoms with Gasteiger partial charge in [-0.1, -0.05) is 44.2 Å². The number of benzene rings is 1. The van der Waals surface area contributed by atoms with Gasteiger partial charge in [0, 0.05) is 32.9 Å². The van der Waals surface area contributed by atoms with Crippen LogP contribution in [0, 0.1) is 13.8 Å². The van der Waals surface area contributed by atoms with Crippen LogP contribution in [0.4, 0.5) is 0 Å². The number of rotatable bonds is 9. The van der Waals surface area contributed by atoms with Crippen LogP contribution in [-0.2, 0) is 13.5 Å². The Bertz CT molecular complexity index is 746. The van der Waals surface area contributed by atoms with Gasteiger partial charge in [0.1, 0.15) is 0 Å². The molecule has 0 amide bonds. The average molecular weight is 385 g/mol. The molecule has 1 aromatic carbocycles. The smallest absolute Gasteiger partial charge is 0.191 e. The third-order valence-corrected chi connectivity index (χ3v) is 5.45. The summed E-state index contributed by atoms with van der Waals surface area (Å²) in [6.45, 7) is 12.3. The van der Waals surface area contributed by atoms with Crippen LogP contribution in [-0.4, -0.2) is 53.9 Å². The van der Waals surface area contributed by atoms with Gasteiger partial charge in [-0.05, 0) is 44.5 Å². The van der Waals surface area contributed by atoms with E-state index in [2.05, 4.69) is 83.7 Å². The van der Waals surface area contributed by atoms with Crippen LogP contribution in [0.25, 0.3) is 0 Å². The van der Waals surface area contributed by atoms with Crippen LogP contribution in [0.3, 0.4) is 0 Å². The second-order valence-corrected chi connectivity index (χ2v) is 7.05. The van der Waals surface area contributed by atoms with E-state index in [1.54, 1.807) is 0 Å². The monoisotopic (exact) mass is 384 g/mol.